The molecule has 4 rings (SSSR count). The lowest BCUT2D eigenvalue weighted by molar-refractivity contribution is -0.384. The number of imide groups is 1. The highest BCUT2D eigenvalue weighted by Gasteiger charge is 2.41. The van der Waals surface area contributed by atoms with Gasteiger partial charge >= 0.3 is 0 Å². The summed E-state index contributed by atoms with van der Waals surface area (Å²) in [4.78, 5) is 37.5. The van der Waals surface area contributed by atoms with Gasteiger partial charge in [-0.05, 0) is 42.0 Å². The third kappa shape index (κ3) is 3.30. The third-order valence-electron chi connectivity index (χ3n) is 4.59. The Hall–Kier alpha value is -4.33. The number of anilines is 2. The largest absolute Gasteiger partial charge is 0.350 e. The molecule has 0 saturated heterocycles. The van der Waals surface area contributed by atoms with Crippen LogP contribution in [-0.4, -0.2) is 16.7 Å². The molecule has 3 aromatic carbocycles. The van der Waals surface area contributed by atoms with E-state index in [-0.39, 0.29) is 22.6 Å². The van der Waals surface area contributed by atoms with Crippen molar-refractivity contribution >= 4 is 34.4 Å². The van der Waals surface area contributed by atoms with Crippen molar-refractivity contribution in [3.8, 4) is 0 Å². The summed E-state index contributed by atoms with van der Waals surface area (Å²) in [6.07, 6.45) is 0. The van der Waals surface area contributed by atoms with Gasteiger partial charge in [-0.2, -0.15) is 0 Å². The van der Waals surface area contributed by atoms with E-state index >= 15 is 0 Å². The molecule has 0 aliphatic carbocycles. The maximum Gasteiger partial charge on any atom is 0.282 e. The van der Waals surface area contributed by atoms with Gasteiger partial charge in [0.25, 0.3) is 17.5 Å². The predicted molar refractivity (Wildman–Crippen MR) is 109 cm³/mol. The number of carbonyl (C=O) groups is 2. The van der Waals surface area contributed by atoms with Crippen molar-refractivity contribution in [2.75, 3.05) is 10.2 Å². The van der Waals surface area contributed by atoms with E-state index in [0.717, 1.165) is 11.0 Å². The first-order valence-corrected chi connectivity index (χ1v) is 8.92. The highest BCUT2D eigenvalue weighted by Crippen LogP contribution is 2.35. The monoisotopic (exact) mass is 403 g/mol. The maximum absolute atomic E-state index is 14.4. The quantitative estimate of drug-likeness (QED) is 0.393. The van der Waals surface area contributed by atoms with Crippen LogP contribution in [-0.2, 0) is 9.59 Å². The summed E-state index contributed by atoms with van der Waals surface area (Å²) in [5.74, 6) is -2.16. The lowest BCUT2D eigenvalue weighted by Crippen LogP contribution is -2.33. The minimum absolute atomic E-state index is 0.00186. The molecule has 0 radical (unpaired) electrons. The Morgan fingerprint density at radius 3 is 2.10 bits per heavy atom. The van der Waals surface area contributed by atoms with Crippen LogP contribution in [0, 0.1) is 15.9 Å². The van der Waals surface area contributed by atoms with Crippen LogP contribution in [0.1, 0.15) is 5.56 Å². The first-order chi connectivity index (χ1) is 14.5. The van der Waals surface area contributed by atoms with Crippen molar-refractivity contribution in [2.24, 2.45) is 0 Å². The molecule has 0 fully saturated rings. The molecule has 148 valence electrons. The van der Waals surface area contributed by atoms with Crippen LogP contribution < -0.4 is 10.2 Å². The minimum Gasteiger partial charge on any atom is -0.350 e. The van der Waals surface area contributed by atoms with E-state index in [1.165, 1.54) is 42.5 Å². The fourth-order valence-electron chi connectivity index (χ4n) is 3.18. The highest BCUT2D eigenvalue weighted by molar-refractivity contribution is 6.46. The molecular formula is C22H14FN3O4. The number of halogens is 1. The number of rotatable bonds is 5. The standard InChI is InChI=1S/C22H14FN3O4/c23-17-8-4-5-9-18(17)25-21(27)19(14-10-12-16(13-11-14)26(29)30)20(22(25)28)24-15-6-2-1-3-7-15/h1-13,24H. The van der Waals surface area contributed by atoms with E-state index in [4.69, 9.17) is 0 Å². The van der Waals surface area contributed by atoms with Crippen molar-refractivity contribution in [1.82, 2.24) is 0 Å². The number of nitrogens with one attached hydrogen (secondary N) is 1. The summed E-state index contributed by atoms with van der Waals surface area (Å²) in [5.41, 5.74) is 0.501. The molecule has 1 heterocycles. The summed E-state index contributed by atoms with van der Waals surface area (Å²) in [7, 11) is 0. The highest BCUT2D eigenvalue weighted by atomic mass is 19.1. The second-order valence-corrected chi connectivity index (χ2v) is 6.44. The number of nitrogens with zero attached hydrogens (tertiary/aromatic N) is 2. The number of nitro benzene ring substituents is 1. The number of hydrogen-bond acceptors (Lipinski definition) is 5. The van der Waals surface area contributed by atoms with Crippen molar-refractivity contribution in [1.29, 1.82) is 0 Å². The first-order valence-electron chi connectivity index (χ1n) is 8.92. The van der Waals surface area contributed by atoms with Gasteiger partial charge in [-0.3, -0.25) is 19.7 Å². The average Bonchev–Trinajstić information content (AvgIpc) is 2.99. The Bertz CT molecular complexity index is 1190. The molecule has 8 heteroatoms. The van der Waals surface area contributed by atoms with Crippen LogP contribution >= 0.6 is 0 Å². The Kier molecular flexibility index (Phi) is 4.81. The number of benzene rings is 3. The van der Waals surface area contributed by atoms with Crippen molar-refractivity contribution in [3.63, 3.8) is 0 Å². The average molecular weight is 403 g/mol. The van der Waals surface area contributed by atoms with Crippen LogP contribution in [0.15, 0.2) is 84.6 Å². The molecule has 0 bridgehead atoms. The molecule has 3 aromatic rings. The molecule has 7 nitrogen and oxygen atoms in total. The Labute approximate surface area is 170 Å². The van der Waals surface area contributed by atoms with Gasteiger partial charge in [0.15, 0.2) is 0 Å². The Balaban J connectivity index is 1.83. The predicted octanol–water partition coefficient (Wildman–Crippen LogP) is 4.13. The Morgan fingerprint density at radius 2 is 1.47 bits per heavy atom. The SMILES string of the molecule is O=C1C(Nc2ccccc2)=C(c2ccc([N+](=O)[O-])cc2)C(=O)N1c1ccccc1F. The number of para-hydroxylation sites is 2. The lowest BCUT2D eigenvalue weighted by atomic mass is 10.0. The molecule has 1 N–H and O–H groups in total. The molecule has 0 atom stereocenters. The van der Waals surface area contributed by atoms with Crippen LogP contribution in [0.2, 0.25) is 0 Å². The van der Waals surface area contributed by atoms with Crippen LogP contribution in [0.25, 0.3) is 5.57 Å². The fraction of sp³-hybridized carbons (Fsp3) is 0. The number of hydrogen-bond donors (Lipinski definition) is 1. The molecule has 2 amide bonds. The van der Waals surface area contributed by atoms with Gasteiger partial charge in [-0.15, -0.1) is 0 Å². The van der Waals surface area contributed by atoms with E-state index in [2.05, 4.69) is 5.32 Å². The summed E-state index contributed by atoms with van der Waals surface area (Å²) >= 11 is 0. The number of nitro groups is 1. The van der Waals surface area contributed by atoms with E-state index < -0.39 is 22.6 Å². The third-order valence-corrected chi connectivity index (χ3v) is 4.59. The van der Waals surface area contributed by atoms with Crippen LogP contribution in [0.5, 0.6) is 0 Å². The normalized spacial score (nSPS) is 13.7. The number of amides is 2. The van der Waals surface area contributed by atoms with Crippen molar-refractivity contribution < 1.29 is 18.9 Å². The number of carbonyl (C=O) groups excluding carboxylic acids is 2. The van der Waals surface area contributed by atoms with E-state index in [0.29, 0.717) is 11.3 Å². The number of non-ortho nitro benzene ring substituents is 1. The molecule has 30 heavy (non-hydrogen) atoms. The summed E-state index contributed by atoms with van der Waals surface area (Å²) in [6.45, 7) is 0. The smallest absolute Gasteiger partial charge is 0.282 e. The topological polar surface area (TPSA) is 92.5 Å². The van der Waals surface area contributed by atoms with Crippen LogP contribution in [0.3, 0.4) is 0 Å². The molecule has 0 saturated carbocycles. The zero-order valence-electron chi connectivity index (χ0n) is 15.4. The maximum atomic E-state index is 14.4. The summed E-state index contributed by atoms with van der Waals surface area (Å²) in [5, 5.41) is 13.9. The van der Waals surface area contributed by atoms with Crippen molar-refractivity contribution in [2.45, 2.75) is 0 Å². The van der Waals surface area contributed by atoms with Gasteiger partial charge in [0.05, 0.1) is 16.2 Å². The fourth-order valence-corrected chi connectivity index (χ4v) is 3.18. The van der Waals surface area contributed by atoms with Gasteiger partial charge in [-0.1, -0.05) is 30.3 Å². The van der Waals surface area contributed by atoms with Gasteiger partial charge in [-0.25, -0.2) is 9.29 Å². The Morgan fingerprint density at radius 1 is 0.833 bits per heavy atom. The van der Waals surface area contributed by atoms with E-state index in [9.17, 15) is 24.1 Å². The molecule has 0 spiro atoms. The summed E-state index contributed by atoms with van der Waals surface area (Å²) in [6, 6.07) is 19.5. The van der Waals surface area contributed by atoms with Crippen molar-refractivity contribution in [3.05, 3.63) is 106 Å². The second kappa shape index (κ2) is 7.59. The van der Waals surface area contributed by atoms with E-state index in [1.54, 1.807) is 30.3 Å². The summed E-state index contributed by atoms with van der Waals surface area (Å²) < 4.78 is 14.4. The molecule has 1 aliphatic heterocycles. The van der Waals surface area contributed by atoms with Gasteiger partial charge in [0.2, 0.25) is 0 Å². The molecule has 0 unspecified atom stereocenters. The zero-order valence-corrected chi connectivity index (χ0v) is 15.4. The second-order valence-electron chi connectivity index (χ2n) is 6.44. The van der Waals surface area contributed by atoms with Gasteiger partial charge < -0.3 is 5.32 Å². The lowest BCUT2D eigenvalue weighted by Gasteiger charge is -2.16. The minimum atomic E-state index is -0.725. The van der Waals surface area contributed by atoms with E-state index in [1.807, 2.05) is 0 Å². The van der Waals surface area contributed by atoms with Gasteiger partial charge in [0, 0.05) is 17.8 Å². The van der Waals surface area contributed by atoms with Gasteiger partial charge in [0.1, 0.15) is 11.5 Å². The molecule has 1 aliphatic rings. The molecular weight excluding hydrogens is 389 g/mol. The molecule has 0 aromatic heterocycles. The first kappa shape index (κ1) is 19.0. The zero-order chi connectivity index (χ0) is 21.3. The van der Waals surface area contributed by atoms with Crippen LogP contribution in [0.4, 0.5) is 21.5 Å².